The number of ether oxygens (including phenoxy) is 1. The van der Waals surface area contributed by atoms with Crippen LogP contribution in [-0.4, -0.2) is 11.1 Å². The van der Waals surface area contributed by atoms with E-state index in [4.69, 9.17) is 4.74 Å². The minimum atomic E-state index is -0.140. The predicted molar refractivity (Wildman–Crippen MR) is 138 cm³/mol. The third-order valence-electron chi connectivity index (χ3n) is 5.21. The van der Waals surface area contributed by atoms with Crippen molar-refractivity contribution in [2.75, 3.05) is 0 Å². The zero-order valence-electron chi connectivity index (χ0n) is 18.6. The van der Waals surface area contributed by atoms with Crippen LogP contribution in [0.25, 0.3) is 6.08 Å². The SMILES string of the molecule is C=CCc1cc(/C=C2\SC(=Nc3ccc(CC)cc3)NC2=O)ccc1OCc1ccccc1. The molecule has 0 aromatic heterocycles. The van der Waals surface area contributed by atoms with E-state index in [-0.39, 0.29) is 5.91 Å². The number of benzene rings is 3. The lowest BCUT2D eigenvalue weighted by Crippen LogP contribution is -2.19. The summed E-state index contributed by atoms with van der Waals surface area (Å²) in [5, 5.41) is 3.44. The van der Waals surface area contributed by atoms with Gasteiger partial charge >= 0.3 is 0 Å². The minimum Gasteiger partial charge on any atom is -0.489 e. The summed E-state index contributed by atoms with van der Waals surface area (Å²) in [7, 11) is 0. The average molecular weight is 455 g/mol. The van der Waals surface area contributed by atoms with E-state index in [0.29, 0.717) is 23.1 Å². The Morgan fingerprint density at radius 2 is 1.82 bits per heavy atom. The van der Waals surface area contributed by atoms with E-state index < -0.39 is 0 Å². The Labute approximate surface area is 199 Å². The first-order valence-electron chi connectivity index (χ1n) is 10.9. The molecule has 0 atom stereocenters. The quantitative estimate of drug-likeness (QED) is 0.314. The van der Waals surface area contributed by atoms with Gasteiger partial charge in [-0.2, -0.15) is 0 Å². The number of aryl methyl sites for hydroxylation is 1. The first-order valence-corrected chi connectivity index (χ1v) is 11.8. The molecular weight excluding hydrogens is 428 g/mol. The average Bonchev–Trinajstić information content (AvgIpc) is 3.18. The predicted octanol–water partition coefficient (Wildman–Crippen LogP) is 6.45. The monoisotopic (exact) mass is 454 g/mol. The molecule has 1 saturated heterocycles. The molecule has 4 rings (SSSR count). The summed E-state index contributed by atoms with van der Waals surface area (Å²) in [5.41, 5.74) is 5.16. The second-order valence-electron chi connectivity index (χ2n) is 7.64. The number of amides is 1. The lowest BCUT2D eigenvalue weighted by Gasteiger charge is -2.12. The smallest absolute Gasteiger partial charge is 0.264 e. The lowest BCUT2D eigenvalue weighted by atomic mass is 10.1. The van der Waals surface area contributed by atoms with E-state index >= 15 is 0 Å². The second-order valence-corrected chi connectivity index (χ2v) is 8.67. The number of thioether (sulfide) groups is 1. The Morgan fingerprint density at radius 1 is 1.03 bits per heavy atom. The van der Waals surface area contributed by atoms with E-state index in [0.717, 1.165) is 34.5 Å². The molecule has 0 unspecified atom stereocenters. The summed E-state index contributed by atoms with van der Waals surface area (Å²) in [4.78, 5) is 17.7. The minimum absolute atomic E-state index is 0.140. The first kappa shape index (κ1) is 22.6. The molecule has 1 N–H and O–H groups in total. The first-order chi connectivity index (χ1) is 16.1. The van der Waals surface area contributed by atoms with Crippen molar-refractivity contribution in [3.8, 4) is 5.75 Å². The van der Waals surface area contributed by atoms with Crippen LogP contribution in [0.5, 0.6) is 5.75 Å². The Balaban J connectivity index is 1.50. The molecule has 1 fully saturated rings. The van der Waals surface area contributed by atoms with E-state index in [1.165, 1.54) is 17.3 Å². The van der Waals surface area contributed by atoms with Gasteiger partial charge < -0.3 is 10.1 Å². The summed E-state index contributed by atoms with van der Waals surface area (Å²) < 4.78 is 6.05. The molecule has 4 nitrogen and oxygen atoms in total. The summed E-state index contributed by atoms with van der Waals surface area (Å²) in [6.07, 6.45) is 5.41. The van der Waals surface area contributed by atoms with Gasteiger partial charge in [0.1, 0.15) is 12.4 Å². The zero-order valence-corrected chi connectivity index (χ0v) is 19.4. The summed E-state index contributed by atoms with van der Waals surface area (Å²) in [6, 6.07) is 24.1. The van der Waals surface area contributed by atoms with Crippen molar-refractivity contribution in [1.82, 2.24) is 5.32 Å². The van der Waals surface area contributed by atoms with Crippen molar-refractivity contribution in [3.05, 3.63) is 113 Å². The molecule has 3 aromatic rings. The Morgan fingerprint density at radius 3 is 2.55 bits per heavy atom. The number of nitrogens with one attached hydrogen (secondary N) is 1. The summed E-state index contributed by atoms with van der Waals surface area (Å²) in [5.74, 6) is 0.681. The Kier molecular flexibility index (Phi) is 7.43. The fourth-order valence-electron chi connectivity index (χ4n) is 3.44. The van der Waals surface area contributed by atoms with Gasteiger partial charge in [0.05, 0.1) is 10.6 Å². The topological polar surface area (TPSA) is 50.7 Å². The number of carbonyl (C=O) groups is 1. The highest BCUT2D eigenvalue weighted by Gasteiger charge is 2.24. The summed E-state index contributed by atoms with van der Waals surface area (Å²) >= 11 is 1.35. The molecule has 1 aliphatic rings. The van der Waals surface area contributed by atoms with Crippen molar-refractivity contribution in [2.24, 2.45) is 4.99 Å². The van der Waals surface area contributed by atoms with E-state index in [9.17, 15) is 4.79 Å². The maximum absolute atomic E-state index is 12.5. The van der Waals surface area contributed by atoms with Crippen molar-refractivity contribution >= 4 is 34.6 Å². The van der Waals surface area contributed by atoms with Crippen LogP contribution in [0.1, 0.15) is 29.2 Å². The Hall–Kier alpha value is -3.57. The third-order valence-corrected chi connectivity index (χ3v) is 6.12. The largest absolute Gasteiger partial charge is 0.489 e. The van der Waals surface area contributed by atoms with Gasteiger partial charge in [-0.3, -0.25) is 4.79 Å². The highest BCUT2D eigenvalue weighted by Crippen LogP contribution is 2.30. The van der Waals surface area contributed by atoms with Gasteiger partial charge in [-0.25, -0.2) is 4.99 Å². The van der Waals surface area contributed by atoms with Gasteiger partial charge in [0.2, 0.25) is 0 Å². The maximum Gasteiger partial charge on any atom is 0.264 e. The number of hydrogen-bond acceptors (Lipinski definition) is 4. The molecule has 0 spiro atoms. The van der Waals surface area contributed by atoms with Crippen LogP contribution in [0.3, 0.4) is 0 Å². The molecule has 1 heterocycles. The molecule has 3 aromatic carbocycles. The van der Waals surface area contributed by atoms with Crippen LogP contribution in [0, 0.1) is 0 Å². The second kappa shape index (κ2) is 10.8. The van der Waals surface area contributed by atoms with Crippen molar-refractivity contribution < 1.29 is 9.53 Å². The number of allylic oxidation sites excluding steroid dienone is 1. The van der Waals surface area contributed by atoms with Gasteiger partial charge in [-0.1, -0.05) is 61.5 Å². The molecular formula is C28H26N2O2S. The fourth-order valence-corrected chi connectivity index (χ4v) is 4.28. The van der Waals surface area contributed by atoms with Crippen LogP contribution < -0.4 is 10.1 Å². The third kappa shape index (κ3) is 6.02. The van der Waals surface area contributed by atoms with Gasteiger partial charge in [0, 0.05) is 0 Å². The Bertz CT molecular complexity index is 1200. The number of hydrogen-bond donors (Lipinski definition) is 1. The number of rotatable bonds is 8. The highest BCUT2D eigenvalue weighted by atomic mass is 32.2. The van der Waals surface area contributed by atoms with Gasteiger partial charge in [-0.05, 0) is 77.2 Å². The lowest BCUT2D eigenvalue weighted by molar-refractivity contribution is -0.115. The van der Waals surface area contributed by atoms with Gasteiger partial charge in [0.25, 0.3) is 5.91 Å². The van der Waals surface area contributed by atoms with Crippen LogP contribution in [0.15, 0.2) is 95.3 Å². The van der Waals surface area contributed by atoms with Crippen molar-refractivity contribution in [2.45, 2.75) is 26.4 Å². The molecule has 1 amide bonds. The standard InChI is InChI=1S/C28H26N2O2S/c1-3-8-23-17-22(13-16-25(23)32-19-21-9-6-5-7-10-21)18-26-27(31)30-28(33-26)29-24-14-11-20(4-2)12-15-24/h3,5-7,9-18H,1,4,8,19H2,2H3,(H,29,30,31)/b26-18-. The van der Waals surface area contributed by atoms with Crippen molar-refractivity contribution in [3.63, 3.8) is 0 Å². The molecule has 5 heteroatoms. The normalized spacial score (nSPS) is 15.6. The van der Waals surface area contributed by atoms with Gasteiger partial charge in [-0.15, -0.1) is 6.58 Å². The van der Waals surface area contributed by atoms with E-state index in [1.54, 1.807) is 0 Å². The van der Waals surface area contributed by atoms with Crippen LogP contribution in [-0.2, 0) is 24.2 Å². The van der Waals surface area contributed by atoms with E-state index in [1.807, 2.05) is 72.8 Å². The number of nitrogens with zero attached hydrogens (tertiary/aromatic N) is 1. The van der Waals surface area contributed by atoms with Gasteiger partial charge in [0.15, 0.2) is 5.17 Å². The number of amidine groups is 1. The molecule has 0 aliphatic carbocycles. The highest BCUT2D eigenvalue weighted by molar-refractivity contribution is 8.18. The summed E-state index contributed by atoms with van der Waals surface area (Å²) in [6.45, 7) is 6.49. The molecule has 166 valence electrons. The fraction of sp³-hybridized carbons (Fsp3) is 0.143. The van der Waals surface area contributed by atoms with E-state index in [2.05, 4.69) is 35.9 Å². The zero-order chi connectivity index (χ0) is 23.0. The molecule has 0 bridgehead atoms. The number of carbonyl (C=O) groups excluding carboxylic acids is 1. The molecule has 0 radical (unpaired) electrons. The van der Waals surface area contributed by atoms with Crippen LogP contribution in [0.4, 0.5) is 5.69 Å². The number of aliphatic imine (C=N–C) groups is 1. The molecule has 33 heavy (non-hydrogen) atoms. The molecule has 1 aliphatic heterocycles. The van der Waals surface area contributed by atoms with Crippen LogP contribution in [0.2, 0.25) is 0 Å². The van der Waals surface area contributed by atoms with Crippen molar-refractivity contribution in [1.29, 1.82) is 0 Å². The molecule has 0 saturated carbocycles. The van der Waals surface area contributed by atoms with Crippen LogP contribution >= 0.6 is 11.8 Å². The maximum atomic E-state index is 12.5.